The van der Waals surface area contributed by atoms with Crippen LogP contribution in [-0.4, -0.2) is 27.0 Å². The molecule has 1 aromatic carbocycles. The zero-order valence-corrected chi connectivity index (χ0v) is 19.6. The van der Waals surface area contributed by atoms with Gasteiger partial charge in [-0.25, -0.2) is 4.98 Å². The monoisotopic (exact) mass is 434 g/mol. The van der Waals surface area contributed by atoms with Gasteiger partial charge in [-0.2, -0.15) is 0 Å². The Bertz CT molecular complexity index is 935. The molecule has 5 nitrogen and oxygen atoms in total. The number of unbranched alkanes of at least 4 members (excludes halogenated alkanes) is 9. The summed E-state index contributed by atoms with van der Waals surface area (Å²) in [6, 6.07) is 13.7. The number of rotatable bonds is 15. The second-order valence-corrected chi connectivity index (χ2v) is 8.57. The van der Waals surface area contributed by atoms with Crippen molar-refractivity contribution in [2.75, 3.05) is 6.54 Å². The van der Waals surface area contributed by atoms with Crippen molar-refractivity contribution in [2.45, 2.75) is 84.1 Å². The topological polar surface area (TPSA) is 59.8 Å². The van der Waals surface area contributed by atoms with E-state index in [9.17, 15) is 4.79 Å². The number of imidazole rings is 1. The Hall–Kier alpha value is -2.69. The standard InChI is InChI=1S/C27H38N4O/c1-2-3-4-5-6-7-8-9-10-15-22-31-25-18-12-11-16-23(25)30-26(31)19-21-29-27(32)24-17-13-14-20-28-24/h11-14,16-18,20H,2-10,15,19,21-22H2,1H3,(H,29,32). The number of carbonyl (C=O) groups is 1. The Morgan fingerprint density at radius 1 is 0.875 bits per heavy atom. The molecule has 3 aromatic rings. The van der Waals surface area contributed by atoms with Crippen molar-refractivity contribution in [1.82, 2.24) is 19.9 Å². The highest BCUT2D eigenvalue weighted by molar-refractivity contribution is 5.92. The highest BCUT2D eigenvalue weighted by Crippen LogP contribution is 2.18. The van der Waals surface area contributed by atoms with Crippen LogP contribution >= 0.6 is 0 Å². The number of nitrogens with zero attached hydrogens (tertiary/aromatic N) is 3. The molecular formula is C27H38N4O. The molecule has 0 aliphatic rings. The summed E-state index contributed by atoms with van der Waals surface area (Å²) in [7, 11) is 0. The molecule has 32 heavy (non-hydrogen) atoms. The molecule has 2 heterocycles. The van der Waals surface area contributed by atoms with Crippen LogP contribution in [0.5, 0.6) is 0 Å². The maximum atomic E-state index is 12.3. The highest BCUT2D eigenvalue weighted by Gasteiger charge is 2.11. The van der Waals surface area contributed by atoms with Crippen LogP contribution in [0.4, 0.5) is 0 Å². The van der Waals surface area contributed by atoms with E-state index in [1.54, 1.807) is 12.3 Å². The Morgan fingerprint density at radius 2 is 1.56 bits per heavy atom. The number of pyridine rings is 1. The zero-order valence-electron chi connectivity index (χ0n) is 19.6. The maximum Gasteiger partial charge on any atom is 0.269 e. The molecule has 0 aliphatic heterocycles. The molecule has 172 valence electrons. The molecule has 0 saturated heterocycles. The van der Waals surface area contributed by atoms with E-state index >= 15 is 0 Å². The van der Waals surface area contributed by atoms with Crippen LogP contribution in [0.2, 0.25) is 0 Å². The summed E-state index contributed by atoms with van der Waals surface area (Å²) >= 11 is 0. The Balaban J connectivity index is 1.45. The molecule has 5 heteroatoms. The molecule has 0 spiro atoms. The fourth-order valence-electron chi connectivity index (χ4n) is 4.20. The van der Waals surface area contributed by atoms with Crippen molar-refractivity contribution < 1.29 is 4.79 Å². The van der Waals surface area contributed by atoms with Gasteiger partial charge in [-0.3, -0.25) is 9.78 Å². The van der Waals surface area contributed by atoms with Gasteiger partial charge in [-0.15, -0.1) is 0 Å². The lowest BCUT2D eigenvalue weighted by Gasteiger charge is -2.10. The quantitative estimate of drug-likeness (QED) is 0.285. The maximum absolute atomic E-state index is 12.3. The number of aromatic nitrogens is 3. The van der Waals surface area contributed by atoms with Crippen molar-refractivity contribution in [2.24, 2.45) is 0 Å². The van der Waals surface area contributed by atoms with Gasteiger partial charge in [-0.1, -0.05) is 82.9 Å². The lowest BCUT2D eigenvalue weighted by atomic mass is 10.1. The molecule has 2 aromatic heterocycles. The van der Waals surface area contributed by atoms with Crippen LogP contribution in [0.15, 0.2) is 48.7 Å². The number of hydrogen-bond acceptors (Lipinski definition) is 3. The molecular weight excluding hydrogens is 396 g/mol. The van der Waals surface area contributed by atoms with Crippen LogP contribution in [0.3, 0.4) is 0 Å². The van der Waals surface area contributed by atoms with E-state index in [1.807, 2.05) is 18.2 Å². The number of amides is 1. The molecule has 0 bridgehead atoms. The van der Waals surface area contributed by atoms with E-state index in [0.29, 0.717) is 18.7 Å². The fraction of sp³-hybridized carbons (Fsp3) is 0.519. The number of aryl methyl sites for hydroxylation is 1. The lowest BCUT2D eigenvalue weighted by molar-refractivity contribution is 0.0949. The van der Waals surface area contributed by atoms with Crippen molar-refractivity contribution >= 4 is 16.9 Å². The van der Waals surface area contributed by atoms with Crippen LogP contribution in [-0.2, 0) is 13.0 Å². The van der Waals surface area contributed by atoms with Crippen molar-refractivity contribution in [1.29, 1.82) is 0 Å². The largest absolute Gasteiger partial charge is 0.350 e. The van der Waals surface area contributed by atoms with E-state index in [2.05, 4.69) is 40.0 Å². The average molecular weight is 435 g/mol. The third-order valence-corrected chi connectivity index (χ3v) is 6.00. The minimum atomic E-state index is -0.136. The van der Waals surface area contributed by atoms with Gasteiger partial charge in [0.15, 0.2) is 0 Å². The second-order valence-electron chi connectivity index (χ2n) is 8.57. The molecule has 0 radical (unpaired) electrons. The van der Waals surface area contributed by atoms with Gasteiger partial charge < -0.3 is 9.88 Å². The number of carbonyl (C=O) groups excluding carboxylic acids is 1. The third kappa shape index (κ3) is 7.47. The minimum absolute atomic E-state index is 0.136. The predicted molar refractivity (Wildman–Crippen MR) is 132 cm³/mol. The summed E-state index contributed by atoms with van der Waals surface area (Å²) in [6.45, 7) is 3.81. The minimum Gasteiger partial charge on any atom is -0.350 e. The van der Waals surface area contributed by atoms with Gasteiger partial charge >= 0.3 is 0 Å². The summed E-state index contributed by atoms with van der Waals surface area (Å²) in [5, 5.41) is 2.97. The summed E-state index contributed by atoms with van der Waals surface area (Å²) < 4.78 is 2.34. The van der Waals surface area contributed by atoms with Gasteiger partial charge in [-0.05, 0) is 30.7 Å². The number of benzene rings is 1. The van der Waals surface area contributed by atoms with E-state index in [-0.39, 0.29) is 5.91 Å². The third-order valence-electron chi connectivity index (χ3n) is 6.00. The van der Waals surface area contributed by atoms with Crippen molar-refractivity contribution in [3.63, 3.8) is 0 Å². The Morgan fingerprint density at radius 3 is 2.28 bits per heavy atom. The molecule has 1 N–H and O–H groups in total. The molecule has 0 unspecified atom stereocenters. The first-order chi connectivity index (χ1) is 15.8. The molecule has 1 amide bonds. The summed E-state index contributed by atoms with van der Waals surface area (Å²) in [5.74, 6) is 0.909. The van der Waals surface area contributed by atoms with E-state index in [1.165, 1.54) is 69.7 Å². The smallest absolute Gasteiger partial charge is 0.269 e. The highest BCUT2D eigenvalue weighted by atomic mass is 16.1. The number of nitrogens with one attached hydrogen (secondary N) is 1. The first-order valence-corrected chi connectivity index (χ1v) is 12.4. The zero-order chi connectivity index (χ0) is 22.4. The molecule has 0 saturated carbocycles. The average Bonchev–Trinajstić information content (AvgIpc) is 3.18. The number of para-hydroxylation sites is 2. The van der Waals surface area contributed by atoms with E-state index in [0.717, 1.165) is 17.9 Å². The lowest BCUT2D eigenvalue weighted by Crippen LogP contribution is -2.27. The van der Waals surface area contributed by atoms with Gasteiger partial charge in [0.1, 0.15) is 11.5 Å². The van der Waals surface area contributed by atoms with Crippen LogP contribution < -0.4 is 5.32 Å². The van der Waals surface area contributed by atoms with Crippen LogP contribution in [0, 0.1) is 0 Å². The van der Waals surface area contributed by atoms with Crippen LogP contribution in [0.1, 0.15) is 87.4 Å². The fourth-order valence-corrected chi connectivity index (χ4v) is 4.20. The first-order valence-electron chi connectivity index (χ1n) is 12.4. The first kappa shape index (κ1) is 24.0. The molecule has 0 atom stereocenters. The Kier molecular flexibility index (Phi) is 10.2. The van der Waals surface area contributed by atoms with Gasteiger partial charge in [0.25, 0.3) is 5.91 Å². The van der Waals surface area contributed by atoms with Gasteiger partial charge in [0.2, 0.25) is 0 Å². The second kappa shape index (κ2) is 13.7. The van der Waals surface area contributed by atoms with Crippen molar-refractivity contribution in [3.05, 3.63) is 60.2 Å². The van der Waals surface area contributed by atoms with Gasteiger partial charge in [0.05, 0.1) is 11.0 Å². The summed E-state index contributed by atoms with van der Waals surface area (Å²) in [4.78, 5) is 21.2. The SMILES string of the molecule is CCCCCCCCCCCCn1c(CCNC(=O)c2ccccn2)nc2ccccc21. The van der Waals surface area contributed by atoms with E-state index < -0.39 is 0 Å². The normalized spacial score (nSPS) is 11.2. The van der Waals surface area contributed by atoms with Crippen molar-refractivity contribution in [3.8, 4) is 0 Å². The molecule has 3 rings (SSSR count). The predicted octanol–water partition coefficient (Wildman–Crippen LogP) is 6.32. The van der Waals surface area contributed by atoms with Crippen LogP contribution in [0.25, 0.3) is 11.0 Å². The number of hydrogen-bond donors (Lipinski definition) is 1. The summed E-state index contributed by atoms with van der Waals surface area (Å²) in [6.07, 6.45) is 15.7. The summed E-state index contributed by atoms with van der Waals surface area (Å²) in [5.41, 5.74) is 2.67. The van der Waals surface area contributed by atoms with E-state index in [4.69, 9.17) is 4.98 Å². The molecule has 0 aliphatic carbocycles. The molecule has 0 fully saturated rings. The van der Waals surface area contributed by atoms with Gasteiger partial charge in [0, 0.05) is 25.7 Å². The number of fused-ring (bicyclic) bond motifs is 1. The Labute approximate surface area is 192 Å².